The predicted molar refractivity (Wildman–Crippen MR) is 67.9 cm³/mol. The minimum absolute atomic E-state index is 0.0287. The molecule has 0 aliphatic heterocycles. The lowest BCUT2D eigenvalue weighted by Crippen LogP contribution is -2.32. The first-order chi connectivity index (χ1) is 8.27. The Morgan fingerprint density at radius 2 is 2.17 bits per heavy atom. The van der Waals surface area contributed by atoms with E-state index in [2.05, 4.69) is 5.32 Å². The molecule has 2 N–H and O–H groups in total. The molecule has 1 amide bonds. The number of hydrogen-bond acceptors (Lipinski definition) is 4. The Kier molecular flexibility index (Phi) is 4.13. The van der Waals surface area contributed by atoms with E-state index in [1.807, 2.05) is 0 Å². The van der Waals surface area contributed by atoms with Crippen molar-refractivity contribution >= 4 is 28.9 Å². The fourth-order valence-electron chi connectivity index (χ4n) is 1.13. The van der Waals surface area contributed by atoms with Gasteiger partial charge < -0.3 is 10.4 Å². The zero-order chi connectivity index (χ0) is 13.9. The third-order valence-electron chi connectivity index (χ3n) is 2.37. The number of nitrogens with one attached hydrogen (secondary N) is 1. The van der Waals surface area contributed by atoms with E-state index in [1.54, 1.807) is 13.8 Å². The highest BCUT2D eigenvalue weighted by atomic mass is 35.5. The first kappa shape index (κ1) is 14.2. The van der Waals surface area contributed by atoms with Crippen LogP contribution in [-0.2, 0) is 4.79 Å². The Balaban J connectivity index is 3.05. The standard InChI is InChI=1S/C11H13ClN2O4/c1-11(2,6-12)10(16)13-8-4-3-7(15)5-9(8)14(17)18/h3-5,15H,6H2,1-2H3,(H,13,16). The monoisotopic (exact) mass is 272 g/mol. The van der Waals surface area contributed by atoms with Gasteiger partial charge in [-0.3, -0.25) is 14.9 Å². The number of aromatic hydroxyl groups is 1. The number of carbonyl (C=O) groups excluding carboxylic acids is 1. The number of alkyl halides is 1. The molecule has 0 saturated carbocycles. The van der Waals surface area contributed by atoms with Crippen LogP contribution in [-0.4, -0.2) is 21.8 Å². The van der Waals surface area contributed by atoms with Crippen molar-refractivity contribution in [2.24, 2.45) is 5.41 Å². The number of rotatable bonds is 4. The van der Waals surface area contributed by atoms with E-state index in [0.717, 1.165) is 6.07 Å². The van der Waals surface area contributed by atoms with Gasteiger partial charge in [0.05, 0.1) is 16.4 Å². The molecule has 0 heterocycles. The summed E-state index contributed by atoms with van der Waals surface area (Å²) in [6.07, 6.45) is 0. The van der Waals surface area contributed by atoms with Crippen LogP contribution in [0.1, 0.15) is 13.8 Å². The summed E-state index contributed by atoms with van der Waals surface area (Å²) < 4.78 is 0. The highest BCUT2D eigenvalue weighted by Gasteiger charge is 2.28. The van der Waals surface area contributed by atoms with Crippen LogP contribution in [0.15, 0.2) is 18.2 Å². The number of hydrogen-bond donors (Lipinski definition) is 2. The minimum atomic E-state index is -0.840. The normalized spacial score (nSPS) is 11.1. The van der Waals surface area contributed by atoms with Gasteiger partial charge in [0.15, 0.2) is 0 Å². The first-order valence-electron chi connectivity index (χ1n) is 5.13. The summed E-state index contributed by atoms with van der Waals surface area (Å²) in [4.78, 5) is 22.0. The van der Waals surface area contributed by atoms with Crippen LogP contribution in [0.5, 0.6) is 5.75 Å². The molecule has 0 unspecified atom stereocenters. The largest absolute Gasteiger partial charge is 0.508 e. The fraction of sp³-hybridized carbons (Fsp3) is 0.364. The van der Waals surface area contributed by atoms with Crippen molar-refractivity contribution in [3.8, 4) is 5.75 Å². The van der Waals surface area contributed by atoms with Gasteiger partial charge >= 0.3 is 0 Å². The van der Waals surface area contributed by atoms with Crippen molar-refractivity contribution in [1.29, 1.82) is 0 Å². The average molecular weight is 273 g/mol. The molecule has 0 saturated heterocycles. The van der Waals surface area contributed by atoms with Crippen LogP contribution in [0.25, 0.3) is 0 Å². The molecule has 18 heavy (non-hydrogen) atoms. The number of benzene rings is 1. The first-order valence-corrected chi connectivity index (χ1v) is 5.66. The lowest BCUT2D eigenvalue weighted by molar-refractivity contribution is -0.384. The summed E-state index contributed by atoms with van der Waals surface area (Å²) in [5, 5.41) is 22.4. The topological polar surface area (TPSA) is 92.5 Å². The molecule has 1 aromatic carbocycles. The SMILES string of the molecule is CC(C)(CCl)C(=O)Nc1ccc(O)cc1[N+](=O)[O-]. The number of halogens is 1. The zero-order valence-corrected chi connectivity index (χ0v) is 10.7. The van der Waals surface area contributed by atoms with Crippen molar-refractivity contribution in [2.75, 3.05) is 11.2 Å². The van der Waals surface area contributed by atoms with E-state index in [0.29, 0.717) is 0 Å². The van der Waals surface area contributed by atoms with Gasteiger partial charge in [0.2, 0.25) is 5.91 Å². The van der Waals surface area contributed by atoms with E-state index in [-0.39, 0.29) is 23.0 Å². The quantitative estimate of drug-likeness (QED) is 0.381. The predicted octanol–water partition coefficient (Wildman–Crippen LogP) is 2.50. The van der Waals surface area contributed by atoms with Gasteiger partial charge in [-0.15, -0.1) is 11.6 Å². The van der Waals surface area contributed by atoms with Crippen LogP contribution in [0.4, 0.5) is 11.4 Å². The molecule has 98 valence electrons. The van der Waals surface area contributed by atoms with Crippen molar-refractivity contribution < 1.29 is 14.8 Å². The second kappa shape index (κ2) is 5.22. The highest BCUT2D eigenvalue weighted by molar-refractivity contribution is 6.20. The molecule has 1 aromatic rings. The molecule has 0 aliphatic rings. The third-order valence-corrected chi connectivity index (χ3v) is 3.04. The van der Waals surface area contributed by atoms with Crippen LogP contribution in [0.3, 0.4) is 0 Å². The Morgan fingerprint density at radius 1 is 1.56 bits per heavy atom. The van der Waals surface area contributed by atoms with E-state index in [4.69, 9.17) is 11.6 Å². The highest BCUT2D eigenvalue weighted by Crippen LogP contribution is 2.30. The number of nitro groups is 1. The Bertz CT molecular complexity index is 488. The summed E-state index contributed by atoms with van der Waals surface area (Å²) in [5.41, 5.74) is -1.18. The second-order valence-electron chi connectivity index (χ2n) is 4.43. The number of carbonyl (C=O) groups is 1. The van der Waals surface area contributed by atoms with E-state index < -0.39 is 16.2 Å². The molecule has 0 spiro atoms. The average Bonchev–Trinajstić information content (AvgIpc) is 2.31. The van der Waals surface area contributed by atoms with Gasteiger partial charge in [-0.2, -0.15) is 0 Å². The number of anilines is 1. The summed E-state index contributed by atoms with van der Waals surface area (Å²) in [6, 6.07) is 3.51. The smallest absolute Gasteiger partial charge is 0.296 e. The Hall–Kier alpha value is -1.82. The molecule has 0 fully saturated rings. The number of nitrogens with zero attached hydrogens (tertiary/aromatic N) is 1. The number of amides is 1. The third kappa shape index (κ3) is 3.10. The summed E-state index contributed by atoms with van der Waals surface area (Å²) in [5.74, 6) is -0.576. The maximum absolute atomic E-state index is 11.8. The van der Waals surface area contributed by atoms with Crippen molar-refractivity contribution in [3.05, 3.63) is 28.3 Å². The van der Waals surface area contributed by atoms with Gasteiger partial charge in [-0.25, -0.2) is 0 Å². The van der Waals surface area contributed by atoms with Gasteiger partial charge in [0.25, 0.3) is 5.69 Å². The molecule has 0 atom stereocenters. The van der Waals surface area contributed by atoms with E-state index in [1.165, 1.54) is 12.1 Å². The van der Waals surface area contributed by atoms with Crippen molar-refractivity contribution in [3.63, 3.8) is 0 Å². The molecule has 7 heteroatoms. The second-order valence-corrected chi connectivity index (χ2v) is 4.70. The molecule has 0 aromatic heterocycles. The molecule has 0 radical (unpaired) electrons. The fourth-order valence-corrected chi connectivity index (χ4v) is 1.25. The van der Waals surface area contributed by atoms with E-state index in [9.17, 15) is 20.0 Å². The molecule has 0 bridgehead atoms. The van der Waals surface area contributed by atoms with Crippen LogP contribution >= 0.6 is 11.6 Å². The Labute approximate surface area is 109 Å². The Morgan fingerprint density at radius 3 is 2.67 bits per heavy atom. The van der Waals surface area contributed by atoms with Gasteiger partial charge in [-0.1, -0.05) is 0 Å². The van der Waals surface area contributed by atoms with E-state index >= 15 is 0 Å². The zero-order valence-electron chi connectivity index (χ0n) is 9.94. The van der Waals surface area contributed by atoms with Crippen LogP contribution < -0.4 is 5.32 Å². The number of phenolic OH excluding ortho intramolecular Hbond substituents is 1. The number of nitro benzene ring substituents is 1. The minimum Gasteiger partial charge on any atom is -0.508 e. The summed E-state index contributed by atoms with van der Waals surface area (Å²) in [7, 11) is 0. The van der Waals surface area contributed by atoms with Gasteiger partial charge in [0, 0.05) is 5.88 Å². The van der Waals surface area contributed by atoms with Crippen LogP contribution in [0, 0.1) is 15.5 Å². The number of phenols is 1. The maximum Gasteiger partial charge on any atom is 0.296 e. The van der Waals surface area contributed by atoms with Crippen LogP contribution in [0.2, 0.25) is 0 Å². The lowest BCUT2D eigenvalue weighted by atomic mass is 9.95. The molecule has 1 rings (SSSR count). The molecular weight excluding hydrogens is 260 g/mol. The molecule has 6 nitrogen and oxygen atoms in total. The molecule has 0 aliphatic carbocycles. The summed E-state index contributed by atoms with van der Waals surface area (Å²) in [6.45, 7) is 3.25. The van der Waals surface area contributed by atoms with Gasteiger partial charge in [-0.05, 0) is 26.0 Å². The van der Waals surface area contributed by atoms with Crippen molar-refractivity contribution in [1.82, 2.24) is 0 Å². The lowest BCUT2D eigenvalue weighted by Gasteiger charge is -2.20. The summed E-state index contributed by atoms with van der Waals surface area (Å²) >= 11 is 5.65. The molecular formula is C11H13ClN2O4. The maximum atomic E-state index is 11.8. The van der Waals surface area contributed by atoms with Gasteiger partial charge in [0.1, 0.15) is 11.4 Å². The van der Waals surface area contributed by atoms with Crippen molar-refractivity contribution in [2.45, 2.75) is 13.8 Å².